The van der Waals surface area contributed by atoms with Gasteiger partial charge < -0.3 is 20.1 Å². The lowest BCUT2D eigenvalue weighted by atomic mass is 10.1. The van der Waals surface area contributed by atoms with Crippen molar-refractivity contribution in [3.8, 4) is 0 Å². The average molecular weight is 278 g/mol. The number of ether oxygens (including phenoxy) is 1. The molecule has 0 bridgehead atoms. The van der Waals surface area contributed by atoms with Crippen molar-refractivity contribution in [2.24, 2.45) is 0 Å². The minimum absolute atomic E-state index is 0.128. The first-order valence-electron chi connectivity index (χ1n) is 6.44. The molecule has 6 nitrogen and oxygen atoms in total. The predicted molar refractivity (Wildman–Crippen MR) is 72.1 cm³/mol. The predicted octanol–water partition coefficient (Wildman–Crippen LogP) is 1.20. The van der Waals surface area contributed by atoms with Gasteiger partial charge in [0.25, 0.3) is 0 Å². The quantitative estimate of drug-likeness (QED) is 0.848. The van der Waals surface area contributed by atoms with Crippen molar-refractivity contribution in [3.63, 3.8) is 0 Å². The zero-order valence-corrected chi connectivity index (χ0v) is 11.3. The van der Waals surface area contributed by atoms with E-state index in [9.17, 15) is 9.59 Å². The van der Waals surface area contributed by atoms with E-state index in [0.29, 0.717) is 13.1 Å². The van der Waals surface area contributed by atoms with E-state index in [-0.39, 0.29) is 19.0 Å². The van der Waals surface area contributed by atoms with Crippen LogP contribution in [0.2, 0.25) is 0 Å². The van der Waals surface area contributed by atoms with Gasteiger partial charge in [-0.15, -0.1) is 0 Å². The maximum Gasteiger partial charge on any atom is 0.318 e. The molecule has 2 rings (SSSR count). The molecule has 108 valence electrons. The number of carbonyl (C=O) groups is 2. The second kappa shape index (κ2) is 6.38. The van der Waals surface area contributed by atoms with E-state index < -0.39 is 12.1 Å². The van der Waals surface area contributed by atoms with Crippen LogP contribution in [0.15, 0.2) is 24.3 Å². The highest BCUT2D eigenvalue weighted by atomic mass is 16.5. The summed E-state index contributed by atoms with van der Waals surface area (Å²) in [5, 5.41) is 11.4. The number of methoxy groups -OCH3 is 1. The van der Waals surface area contributed by atoms with E-state index in [0.717, 1.165) is 11.1 Å². The number of nitrogens with zero attached hydrogens (tertiary/aromatic N) is 1. The Morgan fingerprint density at radius 2 is 1.95 bits per heavy atom. The van der Waals surface area contributed by atoms with E-state index in [4.69, 9.17) is 9.84 Å². The number of nitrogens with one attached hydrogen (secondary N) is 1. The fraction of sp³-hybridized carbons (Fsp3) is 0.429. The smallest absolute Gasteiger partial charge is 0.318 e. The van der Waals surface area contributed by atoms with Crippen LogP contribution in [0.25, 0.3) is 0 Å². The molecule has 0 radical (unpaired) electrons. The van der Waals surface area contributed by atoms with Crippen molar-refractivity contribution in [1.82, 2.24) is 10.2 Å². The molecule has 1 aromatic carbocycles. The summed E-state index contributed by atoms with van der Waals surface area (Å²) >= 11 is 0. The minimum Gasteiger partial charge on any atom is -0.481 e. The fourth-order valence-electron chi connectivity index (χ4n) is 2.22. The van der Waals surface area contributed by atoms with E-state index >= 15 is 0 Å². The van der Waals surface area contributed by atoms with Crippen molar-refractivity contribution in [2.45, 2.75) is 25.6 Å². The molecule has 0 aliphatic carbocycles. The van der Waals surface area contributed by atoms with Crippen LogP contribution in [0.3, 0.4) is 0 Å². The molecule has 0 spiro atoms. The number of aliphatic carboxylic acids is 1. The van der Waals surface area contributed by atoms with Gasteiger partial charge in [0.15, 0.2) is 0 Å². The molecule has 0 saturated heterocycles. The van der Waals surface area contributed by atoms with Gasteiger partial charge in [-0.2, -0.15) is 0 Å². The van der Waals surface area contributed by atoms with Crippen LogP contribution < -0.4 is 5.32 Å². The zero-order valence-electron chi connectivity index (χ0n) is 11.3. The Morgan fingerprint density at radius 1 is 1.35 bits per heavy atom. The summed E-state index contributed by atoms with van der Waals surface area (Å²) in [4.78, 5) is 24.3. The van der Waals surface area contributed by atoms with Gasteiger partial charge in [-0.25, -0.2) is 4.79 Å². The minimum atomic E-state index is -0.945. The van der Waals surface area contributed by atoms with E-state index in [1.165, 1.54) is 7.11 Å². The number of carboxylic acids is 1. The first-order valence-corrected chi connectivity index (χ1v) is 6.44. The summed E-state index contributed by atoms with van der Waals surface area (Å²) in [5.41, 5.74) is 2.30. The van der Waals surface area contributed by atoms with Crippen LogP contribution in [0.1, 0.15) is 17.5 Å². The monoisotopic (exact) mass is 278 g/mol. The van der Waals surface area contributed by atoms with Crippen molar-refractivity contribution in [1.29, 1.82) is 0 Å². The highest BCUT2D eigenvalue weighted by Gasteiger charge is 2.23. The third-order valence-electron chi connectivity index (χ3n) is 3.34. The molecule has 1 atom stereocenters. The number of hydrogen-bond donors (Lipinski definition) is 2. The molecule has 0 saturated carbocycles. The topological polar surface area (TPSA) is 78.9 Å². The molecule has 1 aliphatic heterocycles. The largest absolute Gasteiger partial charge is 0.481 e. The Kier molecular flexibility index (Phi) is 4.57. The van der Waals surface area contributed by atoms with Crippen LogP contribution in [0.4, 0.5) is 4.79 Å². The van der Waals surface area contributed by atoms with Gasteiger partial charge in [0.1, 0.15) is 0 Å². The zero-order chi connectivity index (χ0) is 14.5. The number of hydrogen-bond acceptors (Lipinski definition) is 3. The molecule has 6 heteroatoms. The lowest BCUT2D eigenvalue weighted by molar-refractivity contribution is -0.139. The number of carboxylic acid groups (broad SMARTS) is 1. The molecule has 20 heavy (non-hydrogen) atoms. The molecular formula is C14H18N2O4. The summed E-state index contributed by atoms with van der Waals surface area (Å²) < 4.78 is 5.02. The standard InChI is InChI=1S/C14H18N2O4/c1-20-12(6-13(17)18)7-15-14(19)16-8-10-4-2-3-5-11(10)9-16/h2-5,12H,6-9H2,1H3,(H,15,19)(H,17,18). The summed E-state index contributed by atoms with van der Waals surface area (Å²) in [6.45, 7) is 1.35. The molecule has 1 aromatic rings. The molecule has 2 N–H and O–H groups in total. The van der Waals surface area contributed by atoms with Gasteiger partial charge in [0, 0.05) is 26.7 Å². The molecule has 2 amide bonds. The van der Waals surface area contributed by atoms with Crippen LogP contribution in [-0.4, -0.2) is 41.8 Å². The van der Waals surface area contributed by atoms with Crippen LogP contribution in [-0.2, 0) is 22.6 Å². The Balaban J connectivity index is 1.83. The highest BCUT2D eigenvalue weighted by Crippen LogP contribution is 2.21. The summed E-state index contributed by atoms with van der Waals surface area (Å²) in [5.74, 6) is -0.945. The molecule has 1 unspecified atom stereocenters. The normalized spacial score (nSPS) is 14.8. The van der Waals surface area contributed by atoms with Gasteiger partial charge in [0.2, 0.25) is 0 Å². The van der Waals surface area contributed by atoms with Crippen LogP contribution in [0, 0.1) is 0 Å². The van der Waals surface area contributed by atoms with Crippen LogP contribution in [0.5, 0.6) is 0 Å². The number of carbonyl (C=O) groups excluding carboxylic acids is 1. The second-order valence-corrected chi connectivity index (χ2v) is 4.77. The third-order valence-corrected chi connectivity index (χ3v) is 3.34. The van der Waals surface area contributed by atoms with Gasteiger partial charge >= 0.3 is 12.0 Å². The Hall–Kier alpha value is -2.08. The SMILES string of the molecule is COC(CNC(=O)N1Cc2ccccc2C1)CC(=O)O. The molecular weight excluding hydrogens is 260 g/mol. The van der Waals surface area contributed by atoms with Crippen molar-refractivity contribution >= 4 is 12.0 Å². The summed E-state index contributed by atoms with van der Waals surface area (Å²) in [6, 6.07) is 7.71. The van der Waals surface area contributed by atoms with Gasteiger partial charge in [-0.1, -0.05) is 24.3 Å². The third kappa shape index (κ3) is 3.48. The number of urea groups is 1. The average Bonchev–Trinajstić information content (AvgIpc) is 2.86. The van der Waals surface area contributed by atoms with E-state index in [2.05, 4.69) is 5.32 Å². The second-order valence-electron chi connectivity index (χ2n) is 4.77. The maximum absolute atomic E-state index is 12.0. The summed E-state index contributed by atoms with van der Waals surface area (Å²) in [7, 11) is 1.44. The first-order chi connectivity index (χ1) is 9.60. The van der Waals surface area contributed by atoms with Crippen molar-refractivity contribution < 1.29 is 19.4 Å². The number of rotatable bonds is 5. The molecule has 0 aromatic heterocycles. The Bertz CT molecular complexity index is 479. The Morgan fingerprint density at radius 3 is 2.45 bits per heavy atom. The van der Waals surface area contributed by atoms with Crippen LogP contribution >= 0.6 is 0 Å². The highest BCUT2D eigenvalue weighted by molar-refractivity contribution is 5.75. The lowest BCUT2D eigenvalue weighted by Gasteiger charge is -2.19. The molecule has 1 aliphatic rings. The first kappa shape index (κ1) is 14.3. The fourth-order valence-corrected chi connectivity index (χ4v) is 2.22. The maximum atomic E-state index is 12.0. The molecule has 0 fully saturated rings. The van der Waals surface area contributed by atoms with Crippen molar-refractivity contribution in [3.05, 3.63) is 35.4 Å². The van der Waals surface area contributed by atoms with Gasteiger partial charge in [0.05, 0.1) is 12.5 Å². The summed E-state index contributed by atoms with van der Waals surface area (Å²) in [6.07, 6.45) is -0.641. The Labute approximate surface area is 117 Å². The van der Waals surface area contributed by atoms with Crippen molar-refractivity contribution in [2.75, 3.05) is 13.7 Å². The van der Waals surface area contributed by atoms with Gasteiger partial charge in [-0.3, -0.25) is 4.79 Å². The number of amides is 2. The number of benzene rings is 1. The molecule has 1 heterocycles. The lowest BCUT2D eigenvalue weighted by Crippen LogP contribution is -2.41. The van der Waals surface area contributed by atoms with E-state index in [1.807, 2.05) is 24.3 Å². The number of fused-ring (bicyclic) bond motifs is 1. The van der Waals surface area contributed by atoms with Gasteiger partial charge in [-0.05, 0) is 11.1 Å². The van der Waals surface area contributed by atoms with E-state index in [1.54, 1.807) is 4.90 Å².